The zero-order valence-electron chi connectivity index (χ0n) is 17.9. The van der Waals surface area contributed by atoms with Crippen molar-refractivity contribution >= 4 is 27.3 Å². The molecule has 168 valence electrons. The molecule has 0 fully saturated rings. The van der Waals surface area contributed by atoms with Gasteiger partial charge >= 0.3 is 0 Å². The first-order valence-corrected chi connectivity index (χ1v) is 10.8. The second-order valence-electron chi connectivity index (χ2n) is 7.55. The number of nitro benzene ring substituents is 1. The Hall–Kier alpha value is -3.18. The van der Waals surface area contributed by atoms with Gasteiger partial charge in [-0.25, -0.2) is 13.1 Å². The second-order valence-corrected chi connectivity index (χ2v) is 9.23. The predicted molar refractivity (Wildman–Crippen MR) is 115 cm³/mol. The summed E-state index contributed by atoms with van der Waals surface area (Å²) in [5.74, 6) is -0.510. The summed E-state index contributed by atoms with van der Waals surface area (Å²) >= 11 is 0. The van der Waals surface area contributed by atoms with Gasteiger partial charge in [-0.15, -0.1) is 0 Å². The summed E-state index contributed by atoms with van der Waals surface area (Å²) < 4.78 is 38.1. The molecule has 11 heteroatoms. The van der Waals surface area contributed by atoms with E-state index in [-0.39, 0.29) is 34.3 Å². The molecule has 2 N–H and O–H groups in total. The van der Waals surface area contributed by atoms with Crippen LogP contribution in [0.3, 0.4) is 0 Å². The van der Waals surface area contributed by atoms with Gasteiger partial charge in [0.2, 0.25) is 10.0 Å². The summed E-state index contributed by atoms with van der Waals surface area (Å²) in [6.07, 6.45) is 0. The molecule has 0 heterocycles. The van der Waals surface area contributed by atoms with E-state index >= 15 is 0 Å². The first-order chi connectivity index (χ1) is 14.4. The highest BCUT2D eigenvalue weighted by atomic mass is 32.2. The second kappa shape index (κ2) is 9.31. The predicted octanol–water partition coefficient (Wildman–Crippen LogP) is 3.33. The van der Waals surface area contributed by atoms with E-state index in [4.69, 9.17) is 9.47 Å². The van der Waals surface area contributed by atoms with E-state index in [1.54, 1.807) is 27.7 Å². The Morgan fingerprint density at radius 2 is 1.84 bits per heavy atom. The molecular formula is C20H25N3O7S. The molecule has 0 radical (unpaired) electrons. The van der Waals surface area contributed by atoms with Crippen molar-refractivity contribution in [3.8, 4) is 11.5 Å². The number of methoxy groups -OCH3 is 1. The standard InChI is InChI=1S/C20H25N3O7S/c1-6-30-18-12-16(23(25)26)15(11-17(18)29-5)19(24)21-13-8-7-9-14(10-13)31(27,28)22-20(2,3)4/h7-12,22H,6H2,1-5H3,(H,21,24). The Balaban J connectivity index is 2.41. The summed E-state index contributed by atoms with van der Waals surface area (Å²) in [7, 11) is -2.48. The molecule has 0 aliphatic heterocycles. The van der Waals surface area contributed by atoms with E-state index in [0.29, 0.717) is 0 Å². The van der Waals surface area contributed by atoms with Crippen molar-refractivity contribution < 1.29 is 27.6 Å². The van der Waals surface area contributed by atoms with E-state index in [1.807, 2.05) is 0 Å². The highest BCUT2D eigenvalue weighted by Crippen LogP contribution is 2.35. The van der Waals surface area contributed by atoms with E-state index in [1.165, 1.54) is 37.4 Å². The lowest BCUT2D eigenvalue weighted by Crippen LogP contribution is -2.40. The van der Waals surface area contributed by atoms with Crippen LogP contribution >= 0.6 is 0 Å². The fourth-order valence-electron chi connectivity index (χ4n) is 2.71. The summed E-state index contributed by atoms with van der Waals surface area (Å²) in [5, 5.41) is 14.0. The number of carbonyl (C=O) groups is 1. The summed E-state index contributed by atoms with van der Waals surface area (Å²) in [6.45, 7) is 7.07. The van der Waals surface area contributed by atoms with Crippen LogP contribution in [0.25, 0.3) is 0 Å². The van der Waals surface area contributed by atoms with Gasteiger partial charge in [-0.2, -0.15) is 0 Å². The maximum Gasteiger partial charge on any atom is 0.286 e. The van der Waals surface area contributed by atoms with Gasteiger partial charge < -0.3 is 14.8 Å². The third-order valence-corrected chi connectivity index (χ3v) is 5.62. The zero-order chi connectivity index (χ0) is 23.4. The third-order valence-electron chi connectivity index (χ3n) is 3.87. The molecule has 0 bridgehead atoms. The van der Waals surface area contributed by atoms with Crippen LogP contribution in [0.1, 0.15) is 38.1 Å². The van der Waals surface area contributed by atoms with Crippen LogP contribution in [0.15, 0.2) is 41.3 Å². The molecule has 0 unspecified atom stereocenters. The Morgan fingerprint density at radius 3 is 2.39 bits per heavy atom. The molecular weight excluding hydrogens is 426 g/mol. The van der Waals surface area contributed by atoms with Crippen LogP contribution in [0.2, 0.25) is 0 Å². The van der Waals surface area contributed by atoms with Crippen molar-refractivity contribution in [2.45, 2.75) is 38.1 Å². The van der Waals surface area contributed by atoms with Crippen LogP contribution in [-0.2, 0) is 10.0 Å². The van der Waals surface area contributed by atoms with Crippen molar-refractivity contribution in [2.75, 3.05) is 19.0 Å². The number of ether oxygens (including phenoxy) is 2. The fourth-order valence-corrected chi connectivity index (χ4v) is 4.18. The summed E-state index contributed by atoms with van der Waals surface area (Å²) in [5.41, 5.74) is -1.27. The van der Waals surface area contributed by atoms with Crippen molar-refractivity contribution in [3.63, 3.8) is 0 Å². The number of hydrogen-bond acceptors (Lipinski definition) is 7. The molecule has 0 atom stereocenters. The Bertz CT molecular complexity index is 1090. The molecule has 2 aromatic carbocycles. The van der Waals surface area contributed by atoms with Gasteiger partial charge in [0.15, 0.2) is 11.5 Å². The lowest BCUT2D eigenvalue weighted by molar-refractivity contribution is -0.385. The Labute approximate surface area is 180 Å². The quantitative estimate of drug-likeness (QED) is 0.464. The highest BCUT2D eigenvalue weighted by molar-refractivity contribution is 7.89. The molecule has 2 aromatic rings. The fraction of sp³-hybridized carbons (Fsp3) is 0.350. The number of amides is 1. The van der Waals surface area contributed by atoms with Gasteiger partial charge in [-0.05, 0) is 45.9 Å². The molecule has 31 heavy (non-hydrogen) atoms. The average Bonchev–Trinajstić information content (AvgIpc) is 2.66. The summed E-state index contributed by atoms with van der Waals surface area (Å²) in [6, 6.07) is 7.91. The number of nitrogens with one attached hydrogen (secondary N) is 2. The number of nitrogens with zero attached hydrogens (tertiary/aromatic N) is 1. The van der Waals surface area contributed by atoms with E-state index in [2.05, 4.69) is 10.0 Å². The number of sulfonamides is 1. The maximum atomic E-state index is 12.8. The minimum Gasteiger partial charge on any atom is -0.493 e. The number of carbonyl (C=O) groups excluding carboxylic acids is 1. The number of benzene rings is 2. The van der Waals surface area contributed by atoms with Crippen LogP contribution in [0.4, 0.5) is 11.4 Å². The monoisotopic (exact) mass is 451 g/mol. The van der Waals surface area contributed by atoms with Crippen molar-refractivity contribution in [1.82, 2.24) is 4.72 Å². The number of nitro groups is 1. The third kappa shape index (κ3) is 6.15. The molecule has 0 saturated carbocycles. The van der Waals surface area contributed by atoms with Crippen LogP contribution in [-0.4, -0.2) is 38.5 Å². The van der Waals surface area contributed by atoms with Gasteiger partial charge in [0.25, 0.3) is 11.6 Å². The van der Waals surface area contributed by atoms with Gasteiger partial charge in [-0.1, -0.05) is 6.07 Å². The largest absolute Gasteiger partial charge is 0.493 e. The molecule has 0 aromatic heterocycles. The molecule has 1 amide bonds. The first-order valence-electron chi connectivity index (χ1n) is 9.32. The Kier molecular flexibility index (Phi) is 7.24. The Morgan fingerprint density at radius 1 is 1.16 bits per heavy atom. The van der Waals surface area contributed by atoms with Gasteiger partial charge in [-0.3, -0.25) is 14.9 Å². The van der Waals surface area contributed by atoms with Crippen molar-refractivity contribution in [2.24, 2.45) is 0 Å². The molecule has 0 aliphatic carbocycles. The maximum absolute atomic E-state index is 12.8. The minimum atomic E-state index is -3.83. The van der Waals surface area contributed by atoms with Gasteiger partial charge in [0.1, 0.15) is 5.56 Å². The number of hydrogen-bond donors (Lipinski definition) is 2. The van der Waals surface area contributed by atoms with Crippen molar-refractivity contribution in [3.05, 3.63) is 52.1 Å². The van der Waals surface area contributed by atoms with Gasteiger partial charge in [0, 0.05) is 17.3 Å². The van der Waals surface area contributed by atoms with Crippen LogP contribution in [0.5, 0.6) is 11.5 Å². The lowest BCUT2D eigenvalue weighted by atomic mass is 10.1. The van der Waals surface area contributed by atoms with E-state index < -0.39 is 32.1 Å². The average molecular weight is 452 g/mol. The normalized spacial score (nSPS) is 11.6. The van der Waals surface area contributed by atoms with Crippen LogP contribution in [0, 0.1) is 10.1 Å². The lowest BCUT2D eigenvalue weighted by Gasteiger charge is -2.20. The topological polar surface area (TPSA) is 137 Å². The molecule has 0 aliphatic rings. The van der Waals surface area contributed by atoms with E-state index in [9.17, 15) is 23.3 Å². The highest BCUT2D eigenvalue weighted by Gasteiger charge is 2.26. The zero-order valence-corrected chi connectivity index (χ0v) is 18.7. The summed E-state index contributed by atoms with van der Waals surface area (Å²) in [4.78, 5) is 23.5. The smallest absolute Gasteiger partial charge is 0.286 e. The SMILES string of the molecule is CCOc1cc([N+](=O)[O-])c(C(=O)Nc2cccc(S(=O)(=O)NC(C)(C)C)c2)cc1OC. The van der Waals surface area contributed by atoms with Gasteiger partial charge in [0.05, 0.1) is 29.6 Å². The molecule has 10 nitrogen and oxygen atoms in total. The number of rotatable bonds is 8. The first kappa shape index (κ1) is 24.1. The van der Waals surface area contributed by atoms with E-state index in [0.717, 1.165) is 6.07 Å². The minimum absolute atomic E-state index is 0.0565. The molecule has 0 spiro atoms. The molecule has 0 saturated heterocycles. The number of anilines is 1. The molecule has 2 rings (SSSR count). The van der Waals surface area contributed by atoms with Crippen molar-refractivity contribution in [1.29, 1.82) is 0 Å². The van der Waals surface area contributed by atoms with Crippen LogP contribution < -0.4 is 19.5 Å².